The summed E-state index contributed by atoms with van der Waals surface area (Å²) in [4.78, 5) is -0.105. The first kappa shape index (κ1) is 13.3. The van der Waals surface area contributed by atoms with Crippen LogP contribution in [0.1, 0.15) is 19.8 Å². The molecule has 0 saturated carbocycles. The van der Waals surface area contributed by atoms with Gasteiger partial charge in [-0.25, -0.2) is 8.78 Å². The third kappa shape index (κ3) is 3.64. The van der Waals surface area contributed by atoms with Crippen LogP contribution in [0.2, 0.25) is 0 Å². The number of hydrogen-bond acceptors (Lipinski definition) is 2. The number of hydrogen-bond donors (Lipinski definition) is 1. The van der Waals surface area contributed by atoms with Crippen LogP contribution in [0, 0.1) is 11.6 Å². The van der Waals surface area contributed by atoms with Crippen molar-refractivity contribution in [3.63, 3.8) is 0 Å². The van der Waals surface area contributed by atoms with E-state index in [1.807, 2.05) is 6.92 Å². The molecule has 90 valence electrons. The second-order valence-corrected chi connectivity index (χ2v) is 5.10. The fraction of sp³-hybridized carbons (Fsp3) is 0.455. The molecule has 1 aromatic carbocycles. The molecule has 2 N–H and O–H groups in total. The van der Waals surface area contributed by atoms with Crippen LogP contribution in [0.25, 0.3) is 0 Å². The van der Waals surface area contributed by atoms with E-state index in [2.05, 4.69) is 0 Å². The van der Waals surface area contributed by atoms with Gasteiger partial charge in [0.25, 0.3) is 0 Å². The van der Waals surface area contributed by atoms with Gasteiger partial charge in [0.15, 0.2) is 0 Å². The molecular formula is C11H15F2NOS. The minimum atomic E-state index is -1.58. The van der Waals surface area contributed by atoms with E-state index in [1.165, 1.54) is 0 Å². The predicted molar refractivity (Wildman–Crippen MR) is 60.5 cm³/mol. The maximum atomic E-state index is 13.3. The van der Waals surface area contributed by atoms with Crippen molar-refractivity contribution in [1.82, 2.24) is 0 Å². The predicted octanol–water partition coefficient (Wildman–Crippen LogP) is 2.20. The molecule has 0 aliphatic rings. The van der Waals surface area contributed by atoms with Crippen LogP contribution in [0.4, 0.5) is 8.78 Å². The van der Waals surface area contributed by atoms with Crippen molar-refractivity contribution in [2.45, 2.75) is 30.7 Å². The van der Waals surface area contributed by atoms with Crippen LogP contribution < -0.4 is 5.73 Å². The van der Waals surface area contributed by atoms with Crippen molar-refractivity contribution in [3.05, 3.63) is 29.8 Å². The summed E-state index contributed by atoms with van der Waals surface area (Å²) in [5.74, 6) is -1.08. The third-order valence-electron chi connectivity index (χ3n) is 2.16. The van der Waals surface area contributed by atoms with Crippen LogP contribution in [-0.4, -0.2) is 16.0 Å². The molecule has 0 heterocycles. The van der Waals surface area contributed by atoms with Crippen LogP contribution >= 0.6 is 0 Å². The van der Waals surface area contributed by atoms with Crippen LogP contribution in [-0.2, 0) is 10.8 Å². The summed E-state index contributed by atoms with van der Waals surface area (Å²) < 4.78 is 37.8. The minimum Gasteiger partial charge on any atom is -0.327 e. The van der Waals surface area contributed by atoms with E-state index in [-0.39, 0.29) is 16.7 Å². The van der Waals surface area contributed by atoms with Crippen LogP contribution in [0.3, 0.4) is 0 Å². The number of nitrogens with two attached hydrogens (primary N) is 1. The smallest absolute Gasteiger partial charge is 0.139 e. The van der Waals surface area contributed by atoms with Crippen LogP contribution in [0.5, 0.6) is 0 Å². The lowest BCUT2D eigenvalue weighted by Crippen LogP contribution is -2.27. The molecule has 2 atom stereocenters. The van der Waals surface area contributed by atoms with E-state index in [0.29, 0.717) is 0 Å². The Hall–Kier alpha value is -0.810. The maximum Gasteiger partial charge on any atom is 0.139 e. The first-order chi connectivity index (χ1) is 7.54. The molecule has 0 amide bonds. The average molecular weight is 247 g/mol. The highest BCUT2D eigenvalue weighted by molar-refractivity contribution is 7.85. The topological polar surface area (TPSA) is 43.1 Å². The second-order valence-electron chi connectivity index (χ2n) is 3.64. The molecule has 0 saturated heterocycles. The van der Waals surface area contributed by atoms with Gasteiger partial charge in [-0.2, -0.15) is 0 Å². The first-order valence-electron chi connectivity index (χ1n) is 5.13. The van der Waals surface area contributed by atoms with Gasteiger partial charge < -0.3 is 5.73 Å². The standard InChI is InChI=1S/C11H15F2NOS/c1-2-3-9(14)7-16(15)11-6-8(12)4-5-10(11)13/h4-6,9H,2-3,7,14H2,1H3. The number of benzene rings is 1. The Morgan fingerprint density at radius 2 is 2.12 bits per heavy atom. The van der Waals surface area contributed by atoms with E-state index in [1.54, 1.807) is 0 Å². The van der Waals surface area contributed by atoms with Gasteiger partial charge in [-0.15, -0.1) is 0 Å². The fourth-order valence-electron chi connectivity index (χ4n) is 1.39. The van der Waals surface area contributed by atoms with Gasteiger partial charge in [0.1, 0.15) is 11.6 Å². The second kappa shape index (κ2) is 6.06. The highest BCUT2D eigenvalue weighted by Gasteiger charge is 2.14. The quantitative estimate of drug-likeness (QED) is 0.866. The zero-order valence-electron chi connectivity index (χ0n) is 9.08. The molecule has 2 unspecified atom stereocenters. The van der Waals surface area contributed by atoms with Gasteiger partial charge >= 0.3 is 0 Å². The summed E-state index contributed by atoms with van der Waals surface area (Å²) in [7, 11) is -1.58. The van der Waals surface area contributed by atoms with Gasteiger partial charge in [-0.05, 0) is 24.6 Å². The Morgan fingerprint density at radius 1 is 1.44 bits per heavy atom. The molecule has 16 heavy (non-hydrogen) atoms. The van der Waals surface area contributed by atoms with E-state index >= 15 is 0 Å². The molecule has 0 bridgehead atoms. The summed E-state index contributed by atoms with van der Waals surface area (Å²) in [6.45, 7) is 1.96. The zero-order chi connectivity index (χ0) is 12.1. The molecule has 0 aromatic heterocycles. The molecule has 0 aliphatic heterocycles. The molecule has 2 nitrogen and oxygen atoms in total. The molecule has 0 spiro atoms. The minimum absolute atomic E-state index is 0.105. The highest BCUT2D eigenvalue weighted by atomic mass is 32.2. The highest BCUT2D eigenvalue weighted by Crippen LogP contribution is 2.15. The summed E-state index contributed by atoms with van der Waals surface area (Å²) in [5.41, 5.74) is 5.70. The summed E-state index contributed by atoms with van der Waals surface area (Å²) in [6.07, 6.45) is 1.60. The van der Waals surface area contributed by atoms with E-state index < -0.39 is 22.4 Å². The number of rotatable bonds is 5. The Bertz CT molecular complexity index is 384. The Kier molecular flexibility index (Phi) is 5.02. The third-order valence-corrected chi connectivity index (χ3v) is 3.70. The molecule has 5 heteroatoms. The van der Waals surface area contributed by atoms with Crippen molar-refractivity contribution in [1.29, 1.82) is 0 Å². The van der Waals surface area contributed by atoms with Gasteiger partial charge in [0.05, 0.1) is 15.7 Å². The van der Waals surface area contributed by atoms with E-state index in [4.69, 9.17) is 5.73 Å². The average Bonchev–Trinajstić information content (AvgIpc) is 2.21. The van der Waals surface area contributed by atoms with Crippen LogP contribution in [0.15, 0.2) is 23.1 Å². The Morgan fingerprint density at radius 3 is 2.75 bits per heavy atom. The van der Waals surface area contributed by atoms with Gasteiger partial charge in [0, 0.05) is 11.8 Å². The maximum absolute atomic E-state index is 13.3. The van der Waals surface area contributed by atoms with Gasteiger partial charge in [-0.1, -0.05) is 13.3 Å². The van der Waals surface area contributed by atoms with Crippen molar-refractivity contribution in [3.8, 4) is 0 Å². The normalized spacial score (nSPS) is 14.8. The molecule has 0 aliphatic carbocycles. The Balaban J connectivity index is 2.76. The Labute approximate surface area is 96.3 Å². The van der Waals surface area contributed by atoms with Crippen molar-refractivity contribution in [2.24, 2.45) is 5.73 Å². The molecule has 1 rings (SSSR count). The van der Waals surface area contributed by atoms with Crippen molar-refractivity contribution < 1.29 is 13.0 Å². The lowest BCUT2D eigenvalue weighted by Gasteiger charge is -2.10. The number of halogens is 2. The SMILES string of the molecule is CCCC(N)CS(=O)c1cc(F)ccc1F. The summed E-state index contributed by atoms with van der Waals surface area (Å²) in [6, 6.07) is 2.70. The van der Waals surface area contributed by atoms with Crippen molar-refractivity contribution >= 4 is 10.8 Å². The van der Waals surface area contributed by atoms with Gasteiger partial charge in [0.2, 0.25) is 0 Å². The van der Waals surface area contributed by atoms with E-state index in [0.717, 1.165) is 31.0 Å². The summed E-state index contributed by atoms with van der Waals surface area (Å²) in [5, 5.41) is 0. The monoisotopic (exact) mass is 247 g/mol. The first-order valence-corrected chi connectivity index (χ1v) is 6.45. The van der Waals surface area contributed by atoms with Gasteiger partial charge in [-0.3, -0.25) is 4.21 Å². The lowest BCUT2D eigenvalue weighted by molar-refractivity contribution is 0.570. The largest absolute Gasteiger partial charge is 0.327 e. The summed E-state index contributed by atoms with van der Waals surface area (Å²) >= 11 is 0. The fourth-order valence-corrected chi connectivity index (χ4v) is 2.65. The molecule has 0 radical (unpaired) electrons. The van der Waals surface area contributed by atoms with Crippen molar-refractivity contribution in [2.75, 3.05) is 5.75 Å². The molecule has 0 fully saturated rings. The lowest BCUT2D eigenvalue weighted by atomic mass is 10.2. The van der Waals surface area contributed by atoms with E-state index in [9.17, 15) is 13.0 Å². The molecule has 1 aromatic rings. The molecular weight excluding hydrogens is 232 g/mol. The zero-order valence-corrected chi connectivity index (χ0v) is 9.90.